The molecule has 1 aliphatic carbocycles. The second-order valence-electron chi connectivity index (χ2n) is 5.67. The highest BCUT2D eigenvalue weighted by atomic mass is 16.2. The van der Waals surface area contributed by atoms with E-state index < -0.39 is 0 Å². The van der Waals surface area contributed by atoms with E-state index in [-0.39, 0.29) is 23.9 Å². The van der Waals surface area contributed by atoms with Crippen LogP contribution >= 0.6 is 0 Å². The lowest BCUT2D eigenvalue weighted by molar-refractivity contribution is -0.117. The fourth-order valence-electron chi connectivity index (χ4n) is 2.78. The maximum absolute atomic E-state index is 12.1. The van der Waals surface area contributed by atoms with Crippen LogP contribution in [0.25, 0.3) is 0 Å². The summed E-state index contributed by atoms with van der Waals surface area (Å²) in [5.41, 5.74) is 7.31. The van der Waals surface area contributed by atoms with Crippen LogP contribution in [0.5, 0.6) is 0 Å². The summed E-state index contributed by atoms with van der Waals surface area (Å²) in [7, 11) is 0. The Balaban J connectivity index is 1.89. The first-order chi connectivity index (χ1) is 10.6. The van der Waals surface area contributed by atoms with Crippen LogP contribution in [-0.2, 0) is 4.79 Å². The molecule has 0 saturated heterocycles. The molecule has 3 amide bonds. The molecule has 0 aliphatic heterocycles. The zero-order valence-corrected chi connectivity index (χ0v) is 12.9. The Labute approximate surface area is 130 Å². The predicted octanol–water partition coefficient (Wildman–Crippen LogP) is 2.28. The van der Waals surface area contributed by atoms with Gasteiger partial charge in [0, 0.05) is 30.4 Å². The number of nitrogens with one attached hydrogen (secondary N) is 3. The van der Waals surface area contributed by atoms with Crippen molar-refractivity contribution in [1.82, 2.24) is 5.32 Å². The van der Waals surface area contributed by atoms with E-state index in [9.17, 15) is 9.59 Å². The molecular weight excluding hydrogens is 280 g/mol. The van der Waals surface area contributed by atoms with Crippen LogP contribution in [-0.4, -0.2) is 24.5 Å². The summed E-state index contributed by atoms with van der Waals surface area (Å²) >= 11 is 0. The highest BCUT2D eigenvalue weighted by molar-refractivity contribution is 5.93. The molecule has 2 atom stereocenters. The third-order valence-corrected chi connectivity index (χ3v) is 3.91. The second-order valence-corrected chi connectivity index (χ2v) is 5.67. The SMILES string of the molecule is CCNC(=O)Nc1cccc(NC(=O)C[C@@H]2CCC[C@H]2N)c1. The lowest BCUT2D eigenvalue weighted by atomic mass is 10.00. The minimum atomic E-state index is -0.261. The average Bonchev–Trinajstić information content (AvgIpc) is 2.84. The van der Waals surface area contributed by atoms with Gasteiger partial charge in [-0.2, -0.15) is 0 Å². The van der Waals surface area contributed by atoms with Crippen molar-refractivity contribution in [2.45, 2.75) is 38.6 Å². The van der Waals surface area contributed by atoms with Crippen molar-refractivity contribution in [2.75, 3.05) is 17.2 Å². The first kappa shape index (κ1) is 16.3. The van der Waals surface area contributed by atoms with E-state index in [1.54, 1.807) is 24.3 Å². The smallest absolute Gasteiger partial charge is 0.319 e. The molecule has 5 N–H and O–H groups in total. The van der Waals surface area contributed by atoms with Gasteiger partial charge in [0.05, 0.1) is 0 Å². The van der Waals surface area contributed by atoms with E-state index in [1.807, 2.05) is 6.92 Å². The van der Waals surface area contributed by atoms with Gasteiger partial charge in [-0.05, 0) is 43.9 Å². The molecule has 1 aliphatic rings. The highest BCUT2D eigenvalue weighted by Crippen LogP contribution is 2.27. The summed E-state index contributed by atoms with van der Waals surface area (Å²) in [5.74, 6) is 0.245. The molecule has 0 unspecified atom stereocenters. The van der Waals surface area contributed by atoms with Crippen LogP contribution in [0.3, 0.4) is 0 Å². The van der Waals surface area contributed by atoms with Gasteiger partial charge in [-0.1, -0.05) is 12.5 Å². The number of benzene rings is 1. The normalized spacial score (nSPS) is 20.5. The van der Waals surface area contributed by atoms with Crippen LogP contribution < -0.4 is 21.7 Å². The quantitative estimate of drug-likeness (QED) is 0.672. The van der Waals surface area contributed by atoms with E-state index >= 15 is 0 Å². The van der Waals surface area contributed by atoms with Gasteiger partial charge in [-0.15, -0.1) is 0 Å². The van der Waals surface area contributed by atoms with Crippen LogP contribution in [0.15, 0.2) is 24.3 Å². The zero-order valence-electron chi connectivity index (χ0n) is 12.9. The Kier molecular flexibility index (Phi) is 5.77. The summed E-state index contributed by atoms with van der Waals surface area (Å²) < 4.78 is 0. The van der Waals surface area contributed by atoms with Gasteiger partial charge in [-0.3, -0.25) is 4.79 Å². The molecule has 1 saturated carbocycles. The maximum atomic E-state index is 12.1. The number of hydrogen-bond acceptors (Lipinski definition) is 3. The first-order valence-electron chi connectivity index (χ1n) is 7.79. The Morgan fingerprint density at radius 3 is 2.59 bits per heavy atom. The molecule has 0 heterocycles. The minimum absolute atomic E-state index is 0.0301. The standard InChI is InChI=1S/C16H24N4O2/c1-2-18-16(22)20-13-7-4-6-12(10-13)19-15(21)9-11-5-3-8-14(11)17/h4,6-7,10-11,14H,2-3,5,8-9,17H2,1H3,(H,19,21)(H2,18,20,22)/t11-,14+/m0/s1. The van der Waals surface area contributed by atoms with E-state index in [1.165, 1.54) is 0 Å². The molecule has 1 aromatic rings. The third-order valence-electron chi connectivity index (χ3n) is 3.91. The number of carbonyl (C=O) groups excluding carboxylic acids is 2. The van der Waals surface area contributed by atoms with Crippen molar-refractivity contribution >= 4 is 23.3 Å². The topological polar surface area (TPSA) is 96.2 Å². The number of anilines is 2. The molecule has 0 bridgehead atoms. The molecule has 6 heteroatoms. The van der Waals surface area contributed by atoms with Crippen LogP contribution in [0.4, 0.5) is 16.2 Å². The van der Waals surface area contributed by atoms with Gasteiger partial charge in [-0.25, -0.2) is 4.79 Å². The summed E-state index contributed by atoms with van der Waals surface area (Å²) in [4.78, 5) is 23.6. The molecule has 22 heavy (non-hydrogen) atoms. The number of carbonyl (C=O) groups is 2. The van der Waals surface area contributed by atoms with Crippen molar-refractivity contribution < 1.29 is 9.59 Å². The lowest BCUT2D eigenvalue weighted by Gasteiger charge is -2.15. The molecule has 0 radical (unpaired) electrons. The Morgan fingerprint density at radius 1 is 1.23 bits per heavy atom. The van der Waals surface area contributed by atoms with Gasteiger partial charge >= 0.3 is 6.03 Å². The largest absolute Gasteiger partial charge is 0.338 e. The van der Waals surface area contributed by atoms with Gasteiger partial charge in [0.1, 0.15) is 0 Å². The molecule has 0 spiro atoms. The third kappa shape index (κ3) is 4.73. The fraction of sp³-hybridized carbons (Fsp3) is 0.500. The van der Waals surface area contributed by atoms with E-state index in [0.717, 1.165) is 19.3 Å². The molecule has 2 rings (SSSR count). The number of amides is 3. The number of hydrogen-bond donors (Lipinski definition) is 4. The number of urea groups is 1. The van der Waals surface area contributed by atoms with Crippen molar-refractivity contribution in [1.29, 1.82) is 0 Å². The summed E-state index contributed by atoms with van der Waals surface area (Å²) in [6.07, 6.45) is 3.58. The van der Waals surface area contributed by atoms with E-state index in [2.05, 4.69) is 16.0 Å². The van der Waals surface area contributed by atoms with Crippen molar-refractivity contribution in [3.05, 3.63) is 24.3 Å². The van der Waals surface area contributed by atoms with Crippen LogP contribution in [0.1, 0.15) is 32.6 Å². The highest BCUT2D eigenvalue weighted by Gasteiger charge is 2.25. The Hall–Kier alpha value is -2.08. The van der Waals surface area contributed by atoms with Crippen molar-refractivity contribution in [2.24, 2.45) is 11.7 Å². The molecule has 120 valence electrons. The molecule has 6 nitrogen and oxygen atoms in total. The van der Waals surface area contributed by atoms with Gasteiger partial charge in [0.2, 0.25) is 5.91 Å². The van der Waals surface area contributed by atoms with Crippen molar-refractivity contribution in [3.63, 3.8) is 0 Å². The van der Waals surface area contributed by atoms with E-state index in [0.29, 0.717) is 24.3 Å². The molecule has 0 aromatic heterocycles. The minimum Gasteiger partial charge on any atom is -0.338 e. The summed E-state index contributed by atoms with van der Waals surface area (Å²) in [6.45, 7) is 2.41. The first-order valence-corrected chi connectivity index (χ1v) is 7.79. The number of rotatable bonds is 5. The second kappa shape index (κ2) is 7.79. The Morgan fingerprint density at radius 2 is 1.95 bits per heavy atom. The van der Waals surface area contributed by atoms with Crippen LogP contribution in [0, 0.1) is 5.92 Å². The zero-order chi connectivity index (χ0) is 15.9. The summed E-state index contributed by atoms with van der Waals surface area (Å²) in [5, 5.41) is 8.24. The van der Waals surface area contributed by atoms with Crippen LogP contribution in [0.2, 0.25) is 0 Å². The van der Waals surface area contributed by atoms with Gasteiger partial charge in [0.15, 0.2) is 0 Å². The van der Waals surface area contributed by atoms with Crippen molar-refractivity contribution in [3.8, 4) is 0 Å². The maximum Gasteiger partial charge on any atom is 0.319 e. The number of nitrogens with two attached hydrogens (primary N) is 1. The summed E-state index contributed by atoms with van der Waals surface area (Å²) in [6, 6.07) is 6.98. The lowest BCUT2D eigenvalue weighted by Crippen LogP contribution is -2.28. The molecular formula is C16H24N4O2. The average molecular weight is 304 g/mol. The monoisotopic (exact) mass is 304 g/mol. The molecule has 1 fully saturated rings. The predicted molar refractivity (Wildman–Crippen MR) is 87.7 cm³/mol. The Bertz CT molecular complexity index is 533. The van der Waals surface area contributed by atoms with Gasteiger partial charge in [0.25, 0.3) is 0 Å². The van der Waals surface area contributed by atoms with E-state index in [4.69, 9.17) is 5.73 Å². The fourth-order valence-corrected chi connectivity index (χ4v) is 2.78. The van der Waals surface area contributed by atoms with Gasteiger partial charge < -0.3 is 21.7 Å². The molecule has 1 aromatic carbocycles.